The van der Waals surface area contributed by atoms with Gasteiger partial charge in [-0.1, -0.05) is 0 Å². The Labute approximate surface area is 131 Å². The third-order valence-electron chi connectivity index (χ3n) is 3.64. The van der Waals surface area contributed by atoms with E-state index in [0.29, 0.717) is 31.7 Å². The molecule has 0 bridgehead atoms. The number of ether oxygens (including phenoxy) is 2. The van der Waals surface area contributed by atoms with Crippen molar-refractivity contribution in [3.05, 3.63) is 0 Å². The quantitative estimate of drug-likeness (QED) is 0.589. The van der Waals surface area contributed by atoms with Crippen LogP contribution in [0.2, 0.25) is 0 Å². The standard InChI is InChI=1S/C15H26ClNO4/c1-14(2,3)21-13(19)17-11-6-5-8-15(17,9-7-10-16)12(18)20-4/h5-11H2,1-4H3. The predicted octanol–water partition coefficient (Wildman–Crippen LogP) is 3.34. The van der Waals surface area contributed by atoms with E-state index < -0.39 is 17.2 Å². The fourth-order valence-corrected chi connectivity index (χ4v) is 2.88. The van der Waals surface area contributed by atoms with Crippen LogP contribution in [0.25, 0.3) is 0 Å². The van der Waals surface area contributed by atoms with Crippen LogP contribution in [0.3, 0.4) is 0 Å². The van der Waals surface area contributed by atoms with Gasteiger partial charge in [0.2, 0.25) is 0 Å². The monoisotopic (exact) mass is 319 g/mol. The maximum Gasteiger partial charge on any atom is 0.411 e. The maximum atomic E-state index is 12.5. The second-order valence-corrected chi connectivity index (χ2v) is 6.78. The van der Waals surface area contributed by atoms with Crippen LogP contribution in [0.1, 0.15) is 52.9 Å². The maximum absolute atomic E-state index is 12.5. The number of piperidine rings is 1. The molecule has 1 amide bonds. The van der Waals surface area contributed by atoms with Gasteiger partial charge >= 0.3 is 12.1 Å². The molecule has 6 heteroatoms. The van der Waals surface area contributed by atoms with E-state index in [4.69, 9.17) is 21.1 Å². The van der Waals surface area contributed by atoms with E-state index in [9.17, 15) is 9.59 Å². The van der Waals surface area contributed by atoms with Crippen molar-refractivity contribution < 1.29 is 19.1 Å². The van der Waals surface area contributed by atoms with Crippen molar-refractivity contribution in [1.82, 2.24) is 4.90 Å². The summed E-state index contributed by atoms with van der Waals surface area (Å²) in [6, 6.07) is 0. The summed E-state index contributed by atoms with van der Waals surface area (Å²) in [5.41, 5.74) is -1.53. The Morgan fingerprint density at radius 1 is 1.29 bits per heavy atom. The largest absolute Gasteiger partial charge is 0.467 e. The normalized spacial score (nSPS) is 22.8. The van der Waals surface area contributed by atoms with Gasteiger partial charge in [-0.15, -0.1) is 11.6 Å². The van der Waals surface area contributed by atoms with Gasteiger partial charge in [0.05, 0.1) is 7.11 Å². The van der Waals surface area contributed by atoms with E-state index in [-0.39, 0.29) is 5.97 Å². The number of esters is 1. The minimum absolute atomic E-state index is 0.377. The summed E-state index contributed by atoms with van der Waals surface area (Å²) in [6.45, 7) is 5.95. The summed E-state index contributed by atoms with van der Waals surface area (Å²) in [5.74, 6) is 0.0687. The molecule has 1 rings (SSSR count). The number of carbonyl (C=O) groups is 2. The van der Waals surface area contributed by atoms with Crippen molar-refractivity contribution in [1.29, 1.82) is 0 Å². The van der Waals surface area contributed by atoms with Gasteiger partial charge in [0.25, 0.3) is 0 Å². The molecule has 1 fully saturated rings. The van der Waals surface area contributed by atoms with E-state index in [2.05, 4.69) is 0 Å². The van der Waals surface area contributed by atoms with Gasteiger partial charge in [-0.25, -0.2) is 9.59 Å². The number of hydrogen-bond acceptors (Lipinski definition) is 4. The molecule has 0 N–H and O–H groups in total. The second kappa shape index (κ2) is 7.34. The van der Waals surface area contributed by atoms with Crippen LogP contribution in [-0.2, 0) is 14.3 Å². The third kappa shape index (κ3) is 4.50. The minimum Gasteiger partial charge on any atom is -0.467 e. The summed E-state index contributed by atoms with van der Waals surface area (Å²) in [6.07, 6.45) is 3.03. The molecule has 1 heterocycles. The molecule has 122 valence electrons. The molecule has 1 saturated heterocycles. The van der Waals surface area contributed by atoms with Crippen LogP contribution < -0.4 is 0 Å². The Hall–Kier alpha value is -0.970. The average molecular weight is 320 g/mol. The molecule has 0 spiro atoms. The van der Waals surface area contributed by atoms with Gasteiger partial charge in [-0.05, 0) is 52.9 Å². The Morgan fingerprint density at radius 2 is 1.95 bits per heavy atom. The number of likely N-dealkylation sites (tertiary alicyclic amines) is 1. The highest BCUT2D eigenvalue weighted by molar-refractivity contribution is 6.17. The van der Waals surface area contributed by atoms with Crippen molar-refractivity contribution in [2.75, 3.05) is 19.5 Å². The van der Waals surface area contributed by atoms with Gasteiger partial charge < -0.3 is 9.47 Å². The van der Waals surface area contributed by atoms with Gasteiger partial charge in [-0.3, -0.25) is 4.90 Å². The zero-order valence-corrected chi connectivity index (χ0v) is 14.2. The zero-order valence-electron chi connectivity index (χ0n) is 13.4. The Balaban J connectivity index is 3.04. The first-order valence-electron chi connectivity index (χ1n) is 7.42. The number of halogens is 1. The first-order chi connectivity index (χ1) is 9.77. The molecule has 1 aliphatic rings. The van der Waals surface area contributed by atoms with Gasteiger partial charge in [0, 0.05) is 12.4 Å². The third-order valence-corrected chi connectivity index (χ3v) is 3.91. The van der Waals surface area contributed by atoms with Crippen LogP contribution in [-0.4, -0.2) is 47.6 Å². The van der Waals surface area contributed by atoms with Crippen LogP contribution in [0.15, 0.2) is 0 Å². The first kappa shape index (κ1) is 18.1. The molecule has 1 unspecified atom stereocenters. The summed E-state index contributed by atoms with van der Waals surface area (Å²) in [7, 11) is 1.35. The highest BCUT2D eigenvalue weighted by atomic mass is 35.5. The minimum atomic E-state index is -0.940. The number of nitrogens with zero attached hydrogens (tertiary/aromatic N) is 1. The van der Waals surface area contributed by atoms with Gasteiger partial charge in [0.15, 0.2) is 0 Å². The molecule has 21 heavy (non-hydrogen) atoms. The van der Waals surface area contributed by atoms with Crippen LogP contribution in [0.4, 0.5) is 4.79 Å². The highest BCUT2D eigenvalue weighted by Gasteiger charge is 2.49. The van der Waals surface area contributed by atoms with E-state index in [1.165, 1.54) is 7.11 Å². The number of alkyl halides is 1. The summed E-state index contributed by atoms with van der Waals surface area (Å²) in [4.78, 5) is 26.4. The highest BCUT2D eigenvalue weighted by Crippen LogP contribution is 2.35. The molecule has 0 radical (unpaired) electrons. The molecule has 5 nitrogen and oxygen atoms in total. The number of hydrogen-bond donors (Lipinski definition) is 0. The number of amides is 1. The zero-order chi connectivity index (χ0) is 16.1. The molecule has 0 aromatic carbocycles. The smallest absolute Gasteiger partial charge is 0.411 e. The predicted molar refractivity (Wildman–Crippen MR) is 81.5 cm³/mol. The number of rotatable bonds is 4. The van der Waals surface area contributed by atoms with Crippen molar-refractivity contribution >= 4 is 23.7 Å². The fraction of sp³-hybridized carbons (Fsp3) is 0.867. The Bertz CT molecular complexity index is 380. The summed E-state index contributed by atoms with van der Waals surface area (Å²) >= 11 is 5.78. The average Bonchev–Trinajstić information content (AvgIpc) is 2.42. The molecule has 0 saturated carbocycles. The molecule has 0 aromatic rings. The molecule has 1 atom stereocenters. The lowest BCUT2D eigenvalue weighted by molar-refractivity contribution is -0.158. The topological polar surface area (TPSA) is 55.8 Å². The fourth-order valence-electron chi connectivity index (χ4n) is 2.74. The van der Waals surface area contributed by atoms with E-state index >= 15 is 0 Å². The SMILES string of the molecule is COC(=O)C1(CCCCl)CCCCN1C(=O)OC(C)(C)C. The molecular weight excluding hydrogens is 294 g/mol. The molecule has 0 aliphatic carbocycles. The van der Waals surface area contributed by atoms with Gasteiger partial charge in [0.1, 0.15) is 11.1 Å². The molecular formula is C15H26ClNO4. The molecule has 1 aliphatic heterocycles. The van der Waals surface area contributed by atoms with Crippen LogP contribution in [0.5, 0.6) is 0 Å². The van der Waals surface area contributed by atoms with Crippen LogP contribution in [0, 0.1) is 0 Å². The number of methoxy groups -OCH3 is 1. The Kier molecular flexibility index (Phi) is 6.32. The summed E-state index contributed by atoms with van der Waals surface area (Å²) < 4.78 is 10.4. The van der Waals surface area contributed by atoms with Crippen molar-refractivity contribution in [2.45, 2.75) is 64.0 Å². The number of carbonyl (C=O) groups excluding carboxylic acids is 2. The van der Waals surface area contributed by atoms with Gasteiger partial charge in [-0.2, -0.15) is 0 Å². The first-order valence-corrected chi connectivity index (χ1v) is 7.95. The molecule has 0 aromatic heterocycles. The Morgan fingerprint density at radius 3 is 2.48 bits per heavy atom. The van der Waals surface area contributed by atoms with Crippen LogP contribution >= 0.6 is 11.6 Å². The lowest BCUT2D eigenvalue weighted by Gasteiger charge is -2.45. The van der Waals surface area contributed by atoms with Crippen molar-refractivity contribution in [3.63, 3.8) is 0 Å². The van der Waals surface area contributed by atoms with Crippen molar-refractivity contribution in [2.24, 2.45) is 0 Å². The van der Waals surface area contributed by atoms with E-state index in [1.807, 2.05) is 20.8 Å². The summed E-state index contributed by atoms with van der Waals surface area (Å²) in [5, 5.41) is 0. The second-order valence-electron chi connectivity index (χ2n) is 6.40. The lowest BCUT2D eigenvalue weighted by atomic mass is 9.83. The van der Waals surface area contributed by atoms with Crippen molar-refractivity contribution in [3.8, 4) is 0 Å². The lowest BCUT2D eigenvalue weighted by Crippen LogP contribution is -2.60. The van der Waals surface area contributed by atoms with E-state index in [0.717, 1.165) is 12.8 Å². The van der Waals surface area contributed by atoms with E-state index in [1.54, 1.807) is 4.90 Å².